The van der Waals surface area contributed by atoms with Crippen LogP contribution in [-0.2, 0) is 0 Å². The molecule has 8 heteroatoms. The average Bonchev–Trinajstić information content (AvgIpc) is 2.46. The minimum absolute atomic E-state index is 0.0203. The van der Waals surface area contributed by atoms with Gasteiger partial charge in [0.05, 0.1) is 10.5 Å². The zero-order valence-corrected chi connectivity index (χ0v) is 10.9. The number of aromatic nitrogens is 1. The Morgan fingerprint density at radius 3 is 3.05 bits per heavy atom. The van der Waals surface area contributed by atoms with Crippen LogP contribution in [0.3, 0.4) is 0 Å². The van der Waals surface area contributed by atoms with Gasteiger partial charge >= 0.3 is 0 Å². The van der Waals surface area contributed by atoms with Gasteiger partial charge < -0.3 is 15.7 Å². The molecule has 1 aliphatic heterocycles. The number of rotatable bonds is 3. The largest absolute Gasteiger partial charge is 0.396 e. The monoisotopic (exact) mass is 280 g/mol. The van der Waals surface area contributed by atoms with Crippen molar-refractivity contribution in [2.75, 3.05) is 25.4 Å². The van der Waals surface area contributed by atoms with Gasteiger partial charge in [0.25, 0.3) is 11.6 Å². The summed E-state index contributed by atoms with van der Waals surface area (Å²) in [5.41, 5.74) is 5.41. The van der Waals surface area contributed by atoms with Crippen LogP contribution < -0.4 is 5.73 Å². The van der Waals surface area contributed by atoms with Crippen molar-refractivity contribution in [3.05, 3.63) is 27.9 Å². The van der Waals surface area contributed by atoms with Crippen molar-refractivity contribution < 1.29 is 14.8 Å². The van der Waals surface area contributed by atoms with Gasteiger partial charge in [-0.15, -0.1) is 0 Å². The number of hydrogen-bond donors (Lipinski definition) is 2. The molecule has 3 N–H and O–H groups in total. The number of carbonyl (C=O) groups excluding carboxylic acids is 1. The van der Waals surface area contributed by atoms with Crippen molar-refractivity contribution in [3.8, 4) is 0 Å². The molecule has 2 rings (SSSR count). The van der Waals surface area contributed by atoms with Crippen LogP contribution >= 0.6 is 0 Å². The highest BCUT2D eigenvalue weighted by molar-refractivity contribution is 5.98. The van der Waals surface area contributed by atoms with Gasteiger partial charge in [-0.05, 0) is 18.8 Å². The molecule has 0 aromatic carbocycles. The van der Waals surface area contributed by atoms with E-state index in [-0.39, 0.29) is 35.5 Å². The highest BCUT2D eigenvalue weighted by atomic mass is 16.6. The molecule has 1 aromatic rings. The highest BCUT2D eigenvalue weighted by Crippen LogP contribution is 2.22. The summed E-state index contributed by atoms with van der Waals surface area (Å²) in [7, 11) is 0. The van der Waals surface area contributed by atoms with Gasteiger partial charge in [-0.25, -0.2) is 4.98 Å². The van der Waals surface area contributed by atoms with E-state index < -0.39 is 4.92 Å². The fourth-order valence-electron chi connectivity index (χ4n) is 2.30. The number of anilines is 1. The first-order valence-electron chi connectivity index (χ1n) is 6.33. The number of carbonyl (C=O) groups is 1. The molecule has 108 valence electrons. The number of aliphatic hydroxyl groups excluding tert-OH is 1. The lowest BCUT2D eigenvalue weighted by Gasteiger charge is -2.32. The van der Waals surface area contributed by atoms with Crippen LogP contribution in [0.1, 0.15) is 23.2 Å². The van der Waals surface area contributed by atoms with Crippen molar-refractivity contribution in [1.82, 2.24) is 9.88 Å². The normalized spacial score (nSPS) is 18.9. The van der Waals surface area contributed by atoms with Crippen LogP contribution in [0.4, 0.5) is 11.5 Å². The zero-order chi connectivity index (χ0) is 14.7. The summed E-state index contributed by atoms with van der Waals surface area (Å²) in [6.07, 6.45) is 2.68. The van der Waals surface area contributed by atoms with Crippen LogP contribution in [0, 0.1) is 16.0 Å². The van der Waals surface area contributed by atoms with E-state index in [1.807, 2.05) is 0 Å². The Morgan fingerprint density at radius 2 is 2.40 bits per heavy atom. The second kappa shape index (κ2) is 5.83. The van der Waals surface area contributed by atoms with Crippen LogP contribution in [0.5, 0.6) is 0 Å². The molecule has 1 amide bonds. The number of hydrogen-bond acceptors (Lipinski definition) is 6. The van der Waals surface area contributed by atoms with E-state index in [4.69, 9.17) is 10.8 Å². The van der Waals surface area contributed by atoms with Crippen LogP contribution in [-0.4, -0.2) is 45.5 Å². The van der Waals surface area contributed by atoms with Crippen molar-refractivity contribution in [2.45, 2.75) is 12.8 Å². The Kier molecular flexibility index (Phi) is 4.14. The number of piperidine rings is 1. The predicted octanol–water partition coefficient (Wildman–Crippen LogP) is 0.416. The first-order chi connectivity index (χ1) is 9.52. The summed E-state index contributed by atoms with van der Waals surface area (Å²) >= 11 is 0. The maximum absolute atomic E-state index is 12.4. The van der Waals surface area contributed by atoms with E-state index in [1.165, 1.54) is 0 Å². The smallest absolute Gasteiger partial charge is 0.288 e. The number of nitrogen functional groups attached to an aromatic ring is 1. The van der Waals surface area contributed by atoms with Crippen molar-refractivity contribution in [2.24, 2.45) is 5.92 Å². The topological polar surface area (TPSA) is 123 Å². The Bertz CT molecular complexity index is 534. The number of likely N-dealkylation sites (tertiary alicyclic amines) is 1. The molecule has 20 heavy (non-hydrogen) atoms. The zero-order valence-electron chi connectivity index (χ0n) is 10.9. The van der Waals surface area contributed by atoms with Gasteiger partial charge in [-0.1, -0.05) is 0 Å². The maximum Gasteiger partial charge on any atom is 0.288 e. The van der Waals surface area contributed by atoms with Gasteiger partial charge in [0.1, 0.15) is 12.0 Å². The third kappa shape index (κ3) is 2.85. The molecule has 0 bridgehead atoms. The number of nitrogens with zero attached hydrogens (tertiary/aromatic N) is 3. The SMILES string of the molecule is Nc1ncc([N+](=O)[O-])cc1C(=O)N1CCCC(CO)C1. The van der Waals surface area contributed by atoms with E-state index >= 15 is 0 Å². The Labute approximate surface area is 115 Å². The first kappa shape index (κ1) is 14.2. The Hall–Kier alpha value is -2.22. The molecule has 0 spiro atoms. The summed E-state index contributed by atoms with van der Waals surface area (Å²) in [6, 6.07) is 1.15. The molecule has 0 saturated carbocycles. The van der Waals surface area contributed by atoms with Gasteiger partial charge in [-0.2, -0.15) is 0 Å². The van der Waals surface area contributed by atoms with E-state index in [0.717, 1.165) is 25.1 Å². The third-order valence-electron chi connectivity index (χ3n) is 3.41. The molecule has 1 unspecified atom stereocenters. The van der Waals surface area contributed by atoms with E-state index in [1.54, 1.807) is 4.90 Å². The fraction of sp³-hybridized carbons (Fsp3) is 0.500. The van der Waals surface area contributed by atoms with Gasteiger partial charge in [-0.3, -0.25) is 14.9 Å². The second-order valence-electron chi connectivity index (χ2n) is 4.83. The van der Waals surface area contributed by atoms with E-state index in [9.17, 15) is 14.9 Å². The predicted molar refractivity (Wildman–Crippen MR) is 71.0 cm³/mol. The summed E-state index contributed by atoms with van der Waals surface area (Å²) in [6.45, 7) is 1.00. The van der Waals surface area contributed by atoms with Crippen molar-refractivity contribution in [1.29, 1.82) is 0 Å². The van der Waals surface area contributed by atoms with E-state index in [0.29, 0.717) is 13.1 Å². The average molecular weight is 280 g/mol. The molecule has 8 nitrogen and oxygen atoms in total. The van der Waals surface area contributed by atoms with E-state index in [2.05, 4.69) is 4.98 Å². The molecule has 0 aliphatic carbocycles. The lowest BCUT2D eigenvalue weighted by atomic mass is 9.98. The molecule has 1 aliphatic rings. The van der Waals surface area contributed by atoms with Crippen LogP contribution in [0.15, 0.2) is 12.3 Å². The van der Waals surface area contributed by atoms with Crippen molar-refractivity contribution >= 4 is 17.4 Å². The number of nitro groups is 1. The summed E-state index contributed by atoms with van der Waals surface area (Å²) in [5, 5.41) is 19.9. The minimum atomic E-state index is -0.615. The Morgan fingerprint density at radius 1 is 1.65 bits per heavy atom. The molecule has 2 heterocycles. The van der Waals surface area contributed by atoms with Crippen LogP contribution in [0.2, 0.25) is 0 Å². The molecule has 1 fully saturated rings. The lowest BCUT2D eigenvalue weighted by molar-refractivity contribution is -0.385. The van der Waals surface area contributed by atoms with Gasteiger partial charge in [0.15, 0.2) is 0 Å². The molecule has 0 radical (unpaired) electrons. The maximum atomic E-state index is 12.4. The van der Waals surface area contributed by atoms with Gasteiger partial charge in [0.2, 0.25) is 0 Å². The molecule has 1 atom stereocenters. The number of pyridine rings is 1. The molecular weight excluding hydrogens is 264 g/mol. The quantitative estimate of drug-likeness (QED) is 0.611. The summed E-state index contributed by atoms with van der Waals surface area (Å²) in [5.74, 6) is -0.357. The molecule has 1 aromatic heterocycles. The highest BCUT2D eigenvalue weighted by Gasteiger charge is 2.26. The number of nitrogens with two attached hydrogens (primary N) is 1. The third-order valence-corrected chi connectivity index (χ3v) is 3.41. The molecule has 1 saturated heterocycles. The first-order valence-corrected chi connectivity index (χ1v) is 6.33. The standard InChI is InChI=1S/C12H16N4O4/c13-11-10(4-9(5-14-11)16(19)20)12(18)15-3-1-2-8(6-15)7-17/h4-5,8,17H,1-3,6-7H2,(H2,13,14). The second-order valence-corrected chi connectivity index (χ2v) is 4.83. The molecular formula is C12H16N4O4. The summed E-state index contributed by atoms with van der Waals surface area (Å²) < 4.78 is 0. The van der Waals surface area contributed by atoms with Gasteiger partial charge in [0, 0.05) is 25.8 Å². The minimum Gasteiger partial charge on any atom is -0.396 e. The number of aliphatic hydroxyl groups is 1. The summed E-state index contributed by atoms with van der Waals surface area (Å²) in [4.78, 5) is 27.7. The number of amides is 1. The fourth-order valence-corrected chi connectivity index (χ4v) is 2.30. The Balaban J connectivity index is 2.24. The van der Waals surface area contributed by atoms with Crippen LogP contribution in [0.25, 0.3) is 0 Å². The van der Waals surface area contributed by atoms with Crippen molar-refractivity contribution in [3.63, 3.8) is 0 Å². The lowest BCUT2D eigenvalue weighted by Crippen LogP contribution is -2.41.